The van der Waals surface area contributed by atoms with Crippen LogP contribution in [0.5, 0.6) is 5.75 Å². The Hall–Kier alpha value is -2.93. The molecule has 0 fully saturated rings. The quantitative estimate of drug-likeness (QED) is 0.760. The molecular weight excluding hydrogens is 337 g/mol. The predicted octanol–water partition coefficient (Wildman–Crippen LogP) is 2.73. The van der Waals surface area contributed by atoms with E-state index < -0.39 is 0 Å². The summed E-state index contributed by atoms with van der Waals surface area (Å²) in [6.45, 7) is 2.54. The molecule has 7 heteroatoms. The van der Waals surface area contributed by atoms with E-state index in [1.165, 1.54) is 24.3 Å². The van der Waals surface area contributed by atoms with Gasteiger partial charge in [0.2, 0.25) is 11.8 Å². The van der Waals surface area contributed by atoms with Crippen LogP contribution in [0.3, 0.4) is 0 Å². The van der Waals surface area contributed by atoms with Gasteiger partial charge in [0, 0.05) is 11.4 Å². The number of benzene rings is 2. The lowest BCUT2D eigenvalue weighted by atomic mass is 10.3. The second-order valence-corrected chi connectivity index (χ2v) is 5.64. The number of methoxy groups -OCH3 is 1. The maximum absolute atomic E-state index is 12.9. The van der Waals surface area contributed by atoms with Crippen molar-refractivity contribution in [3.8, 4) is 5.75 Å². The van der Waals surface area contributed by atoms with Gasteiger partial charge in [0.05, 0.1) is 20.2 Å². The van der Waals surface area contributed by atoms with Gasteiger partial charge in [0.15, 0.2) is 0 Å². The molecular formula is C19H22FN3O3. The largest absolute Gasteiger partial charge is 0.497 e. The monoisotopic (exact) mass is 359 g/mol. The van der Waals surface area contributed by atoms with E-state index in [9.17, 15) is 14.0 Å². The van der Waals surface area contributed by atoms with E-state index in [2.05, 4.69) is 10.6 Å². The van der Waals surface area contributed by atoms with Gasteiger partial charge in [0.1, 0.15) is 11.6 Å². The van der Waals surface area contributed by atoms with Crippen molar-refractivity contribution >= 4 is 23.2 Å². The van der Waals surface area contributed by atoms with Gasteiger partial charge in [-0.2, -0.15) is 0 Å². The Morgan fingerprint density at radius 3 is 1.81 bits per heavy atom. The first kappa shape index (κ1) is 19.4. The van der Waals surface area contributed by atoms with Gasteiger partial charge >= 0.3 is 0 Å². The number of anilines is 2. The van der Waals surface area contributed by atoms with Gasteiger partial charge in [-0.3, -0.25) is 14.5 Å². The van der Waals surface area contributed by atoms with Crippen LogP contribution in [0.15, 0.2) is 48.5 Å². The van der Waals surface area contributed by atoms with Crippen molar-refractivity contribution in [2.75, 3.05) is 37.4 Å². The Balaban J connectivity index is 1.83. The maximum atomic E-state index is 12.9. The third-order valence-corrected chi connectivity index (χ3v) is 3.68. The minimum absolute atomic E-state index is 0.0594. The highest BCUT2D eigenvalue weighted by Gasteiger charge is 2.13. The van der Waals surface area contributed by atoms with Crippen LogP contribution in [0.25, 0.3) is 0 Å². The number of nitrogens with one attached hydrogen (secondary N) is 2. The van der Waals surface area contributed by atoms with E-state index >= 15 is 0 Å². The van der Waals surface area contributed by atoms with Crippen LogP contribution in [-0.4, -0.2) is 43.5 Å². The van der Waals surface area contributed by atoms with Gasteiger partial charge in [-0.25, -0.2) is 4.39 Å². The van der Waals surface area contributed by atoms with Crippen molar-refractivity contribution < 1.29 is 18.7 Å². The molecule has 0 radical (unpaired) electrons. The summed E-state index contributed by atoms with van der Waals surface area (Å²) in [5.74, 6) is -0.147. The summed E-state index contributed by atoms with van der Waals surface area (Å²) in [4.78, 5) is 25.9. The number of amides is 2. The van der Waals surface area contributed by atoms with Crippen molar-refractivity contribution in [3.63, 3.8) is 0 Å². The first-order valence-corrected chi connectivity index (χ1v) is 8.22. The molecule has 0 aliphatic rings. The Morgan fingerprint density at radius 2 is 1.38 bits per heavy atom. The smallest absolute Gasteiger partial charge is 0.238 e. The molecule has 0 aliphatic heterocycles. The fourth-order valence-corrected chi connectivity index (χ4v) is 2.29. The Bertz CT molecular complexity index is 733. The fourth-order valence-electron chi connectivity index (χ4n) is 2.29. The predicted molar refractivity (Wildman–Crippen MR) is 98.8 cm³/mol. The number of nitrogens with zero attached hydrogens (tertiary/aromatic N) is 1. The molecule has 0 spiro atoms. The van der Waals surface area contributed by atoms with E-state index in [1.807, 2.05) is 6.92 Å². The maximum Gasteiger partial charge on any atom is 0.238 e. The first-order valence-electron chi connectivity index (χ1n) is 8.22. The number of carbonyl (C=O) groups is 2. The topological polar surface area (TPSA) is 70.7 Å². The zero-order valence-corrected chi connectivity index (χ0v) is 14.8. The Labute approximate surface area is 152 Å². The summed E-state index contributed by atoms with van der Waals surface area (Å²) in [6, 6.07) is 12.5. The van der Waals surface area contributed by atoms with Gasteiger partial charge in [-0.05, 0) is 55.1 Å². The molecule has 0 bridgehead atoms. The van der Waals surface area contributed by atoms with E-state index in [-0.39, 0.29) is 30.7 Å². The Kier molecular flexibility index (Phi) is 7.11. The molecule has 2 aromatic carbocycles. The van der Waals surface area contributed by atoms with Crippen LogP contribution < -0.4 is 15.4 Å². The van der Waals surface area contributed by atoms with Crippen molar-refractivity contribution in [1.82, 2.24) is 4.90 Å². The van der Waals surface area contributed by atoms with Crippen molar-refractivity contribution in [3.05, 3.63) is 54.3 Å². The zero-order valence-electron chi connectivity index (χ0n) is 14.8. The lowest BCUT2D eigenvalue weighted by Gasteiger charge is -2.19. The summed E-state index contributed by atoms with van der Waals surface area (Å²) < 4.78 is 18.0. The molecule has 0 aromatic heterocycles. The molecule has 26 heavy (non-hydrogen) atoms. The van der Waals surface area contributed by atoms with Crippen LogP contribution in [-0.2, 0) is 9.59 Å². The summed E-state index contributed by atoms with van der Waals surface area (Å²) in [6.07, 6.45) is 0. The summed E-state index contributed by atoms with van der Waals surface area (Å²) in [5.41, 5.74) is 1.16. The number of hydrogen-bond acceptors (Lipinski definition) is 4. The van der Waals surface area contributed by atoms with Crippen molar-refractivity contribution in [2.45, 2.75) is 6.92 Å². The average molecular weight is 359 g/mol. The molecule has 0 saturated heterocycles. The van der Waals surface area contributed by atoms with Crippen molar-refractivity contribution in [2.24, 2.45) is 0 Å². The second-order valence-electron chi connectivity index (χ2n) is 5.64. The van der Waals surface area contributed by atoms with E-state index in [0.717, 1.165) is 0 Å². The molecule has 0 saturated carbocycles. The molecule has 2 aromatic rings. The number of hydrogen-bond donors (Lipinski definition) is 2. The minimum Gasteiger partial charge on any atom is -0.497 e. The molecule has 2 N–H and O–H groups in total. The SMILES string of the molecule is CCN(CC(=O)Nc1ccc(F)cc1)CC(=O)Nc1ccc(OC)cc1. The van der Waals surface area contributed by atoms with Crippen LogP contribution in [0.1, 0.15) is 6.92 Å². The van der Waals surface area contributed by atoms with Crippen LogP contribution in [0.2, 0.25) is 0 Å². The van der Waals surface area contributed by atoms with Gasteiger partial charge < -0.3 is 15.4 Å². The highest BCUT2D eigenvalue weighted by Crippen LogP contribution is 2.15. The third-order valence-electron chi connectivity index (χ3n) is 3.68. The number of likely N-dealkylation sites (N-methyl/N-ethyl adjacent to an activating group) is 1. The first-order chi connectivity index (χ1) is 12.5. The second kappa shape index (κ2) is 9.53. The van der Waals surface area contributed by atoms with Gasteiger partial charge in [-0.1, -0.05) is 6.92 Å². The molecule has 0 heterocycles. The molecule has 138 valence electrons. The third kappa shape index (κ3) is 6.18. The molecule has 0 aliphatic carbocycles. The standard InChI is InChI=1S/C19H22FN3O3/c1-3-23(12-18(24)21-15-6-4-14(20)5-7-15)13-19(25)22-16-8-10-17(26-2)11-9-16/h4-11H,3,12-13H2,1-2H3,(H,21,24)(H,22,25). The highest BCUT2D eigenvalue weighted by molar-refractivity contribution is 5.94. The van der Waals surface area contributed by atoms with Crippen LogP contribution in [0, 0.1) is 5.82 Å². The van der Waals surface area contributed by atoms with Crippen molar-refractivity contribution in [1.29, 1.82) is 0 Å². The fraction of sp³-hybridized carbons (Fsp3) is 0.263. The number of ether oxygens (including phenoxy) is 1. The van der Waals surface area contributed by atoms with Gasteiger partial charge in [-0.15, -0.1) is 0 Å². The number of carbonyl (C=O) groups excluding carboxylic acids is 2. The molecule has 0 atom stereocenters. The van der Waals surface area contributed by atoms with Crippen LogP contribution >= 0.6 is 0 Å². The summed E-state index contributed by atoms with van der Waals surface area (Å²) >= 11 is 0. The number of halogens is 1. The minimum atomic E-state index is -0.367. The van der Waals surface area contributed by atoms with Crippen LogP contribution in [0.4, 0.5) is 15.8 Å². The zero-order chi connectivity index (χ0) is 18.9. The lowest BCUT2D eigenvalue weighted by Crippen LogP contribution is -2.38. The molecule has 2 rings (SSSR count). The molecule has 6 nitrogen and oxygen atoms in total. The lowest BCUT2D eigenvalue weighted by molar-refractivity contribution is -0.119. The van der Waals surface area contributed by atoms with E-state index in [0.29, 0.717) is 23.7 Å². The summed E-state index contributed by atoms with van der Waals surface area (Å²) in [5, 5.41) is 5.45. The summed E-state index contributed by atoms with van der Waals surface area (Å²) in [7, 11) is 1.57. The Morgan fingerprint density at radius 1 is 0.923 bits per heavy atom. The highest BCUT2D eigenvalue weighted by atomic mass is 19.1. The normalized spacial score (nSPS) is 10.5. The van der Waals surface area contributed by atoms with E-state index in [4.69, 9.17) is 4.74 Å². The van der Waals surface area contributed by atoms with E-state index in [1.54, 1.807) is 36.3 Å². The number of rotatable bonds is 8. The molecule has 0 unspecified atom stereocenters. The average Bonchev–Trinajstić information content (AvgIpc) is 2.63. The molecule has 2 amide bonds. The van der Waals surface area contributed by atoms with Gasteiger partial charge in [0.25, 0.3) is 0 Å².